The van der Waals surface area contributed by atoms with E-state index in [1.165, 1.54) is 10.9 Å². The van der Waals surface area contributed by atoms with Gasteiger partial charge in [-0.2, -0.15) is 0 Å². The van der Waals surface area contributed by atoms with Gasteiger partial charge in [0.15, 0.2) is 5.69 Å². The summed E-state index contributed by atoms with van der Waals surface area (Å²) in [6, 6.07) is 0. The summed E-state index contributed by atoms with van der Waals surface area (Å²) in [7, 11) is 0. The Bertz CT molecular complexity index is 518. The lowest BCUT2D eigenvalue weighted by molar-refractivity contribution is -0.131. The topological polar surface area (TPSA) is 88.3 Å². The van der Waals surface area contributed by atoms with Crippen LogP contribution in [-0.2, 0) is 11.3 Å². The van der Waals surface area contributed by atoms with Crippen LogP contribution in [-0.4, -0.2) is 50.0 Å². The minimum atomic E-state index is -1.14. The molecule has 0 aliphatic carbocycles. The summed E-state index contributed by atoms with van der Waals surface area (Å²) in [5.41, 5.74) is 0.0467. The number of nitrogens with zero attached hydrogens (tertiary/aromatic N) is 4. The molecule has 7 nitrogen and oxygen atoms in total. The number of carbonyl (C=O) groups is 2. The fraction of sp³-hybridized carbons (Fsp3) is 0.692. The van der Waals surface area contributed by atoms with Crippen LogP contribution in [0.4, 0.5) is 0 Å². The number of carbonyl (C=O) groups excluding carboxylic acids is 1. The van der Waals surface area contributed by atoms with Gasteiger partial charge in [0, 0.05) is 13.1 Å². The molecule has 0 aromatic carbocycles. The van der Waals surface area contributed by atoms with Crippen molar-refractivity contribution in [2.45, 2.75) is 33.7 Å². The smallest absolute Gasteiger partial charge is 0.358 e. The van der Waals surface area contributed by atoms with Gasteiger partial charge in [0.25, 0.3) is 0 Å². The third-order valence-corrected chi connectivity index (χ3v) is 3.82. The summed E-state index contributed by atoms with van der Waals surface area (Å²) in [4.78, 5) is 24.7. The van der Waals surface area contributed by atoms with E-state index < -0.39 is 5.97 Å². The molecule has 1 aromatic heterocycles. The highest BCUT2D eigenvalue weighted by atomic mass is 16.4. The quantitative estimate of drug-likeness (QED) is 0.887. The second kappa shape index (κ2) is 5.22. The predicted octanol–water partition coefficient (Wildman–Crippen LogP) is 0.871. The number of amides is 1. The Morgan fingerprint density at radius 2 is 2.15 bits per heavy atom. The van der Waals surface area contributed by atoms with Gasteiger partial charge in [0.05, 0.1) is 6.20 Å². The van der Waals surface area contributed by atoms with E-state index in [1.54, 1.807) is 0 Å². The van der Waals surface area contributed by atoms with Gasteiger partial charge in [0.2, 0.25) is 5.91 Å². The second-order valence-electron chi connectivity index (χ2n) is 6.30. The number of rotatable bonds is 3. The van der Waals surface area contributed by atoms with E-state index in [0.717, 1.165) is 19.5 Å². The molecular formula is C13H20N4O3. The fourth-order valence-corrected chi connectivity index (χ4v) is 2.41. The van der Waals surface area contributed by atoms with E-state index in [-0.39, 0.29) is 23.6 Å². The maximum Gasteiger partial charge on any atom is 0.358 e. The number of hydrogen-bond acceptors (Lipinski definition) is 4. The van der Waals surface area contributed by atoms with Crippen molar-refractivity contribution in [1.82, 2.24) is 19.9 Å². The van der Waals surface area contributed by atoms with Gasteiger partial charge in [-0.05, 0) is 17.8 Å². The molecule has 2 heterocycles. The van der Waals surface area contributed by atoms with Gasteiger partial charge in [-0.15, -0.1) is 5.10 Å². The van der Waals surface area contributed by atoms with Crippen molar-refractivity contribution in [3.8, 4) is 0 Å². The molecule has 20 heavy (non-hydrogen) atoms. The van der Waals surface area contributed by atoms with Crippen molar-refractivity contribution in [3.05, 3.63) is 11.9 Å². The summed E-state index contributed by atoms with van der Waals surface area (Å²) < 4.78 is 1.27. The average Bonchev–Trinajstić information content (AvgIpc) is 2.95. The van der Waals surface area contributed by atoms with E-state index in [9.17, 15) is 9.59 Å². The van der Waals surface area contributed by atoms with Crippen LogP contribution in [0.15, 0.2) is 6.20 Å². The Morgan fingerprint density at radius 3 is 2.65 bits per heavy atom. The van der Waals surface area contributed by atoms with Crippen molar-refractivity contribution in [2.75, 3.05) is 13.1 Å². The maximum atomic E-state index is 12.2. The summed E-state index contributed by atoms with van der Waals surface area (Å²) in [6.07, 6.45) is 2.28. The monoisotopic (exact) mass is 280 g/mol. The van der Waals surface area contributed by atoms with Crippen molar-refractivity contribution in [3.63, 3.8) is 0 Å². The molecule has 1 unspecified atom stereocenters. The standard InChI is InChI=1S/C13H20N4O3/c1-13(2,3)9-4-5-16(6-9)11(18)8-17-7-10(12(19)20)14-15-17/h7,9H,4-6,8H2,1-3H3,(H,19,20). The molecule has 0 saturated carbocycles. The Kier molecular flexibility index (Phi) is 3.78. The number of hydrogen-bond donors (Lipinski definition) is 1. The van der Waals surface area contributed by atoms with Crippen molar-refractivity contribution in [1.29, 1.82) is 0 Å². The molecular weight excluding hydrogens is 260 g/mol. The summed E-state index contributed by atoms with van der Waals surface area (Å²) >= 11 is 0. The maximum absolute atomic E-state index is 12.2. The molecule has 7 heteroatoms. The summed E-state index contributed by atoms with van der Waals surface area (Å²) in [5, 5.41) is 15.9. The van der Waals surface area contributed by atoms with Gasteiger partial charge < -0.3 is 10.0 Å². The highest BCUT2D eigenvalue weighted by molar-refractivity contribution is 5.84. The molecule has 1 atom stereocenters. The fourth-order valence-electron chi connectivity index (χ4n) is 2.41. The minimum absolute atomic E-state index is 0.0388. The lowest BCUT2D eigenvalue weighted by Gasteiger charge is -2.26. The van der Waals surface area contributed by atoms with Crippen LogP contribution in [0.1, 0.15) is 37.7 Å². The molecule has 1 aliphatic heterocycles. The SMILES string of the molecule is CC(C)(C)C1CCN(C(=O)Cn2cc(C(=O)O)nn2)C1. The summed E-state index contributed by atoms with van der Waals surface area (Å²) in [6.45, 7) is 8.09. The second-order valence-corrected chi connectivity index (χ2v) is 6.30. The molecule has 1 saturated heterocycles. The van der Waals surface area contributed by atoms with Crippen LogP contribution in [0.2, 0.25) is 0 Å². The number of carboxylic acids is 1. The molecule has 110 valence electrons. The first-order chi connectivity index (χ1) is 9.27. The third-order valence-electron chi connectivity index (χ3n) is 3.82. The third kappa shape index (κ3) is 3.15. The molecule has 0 bridgehead atoms. The van der Waals surface area contributed by atoms with Crippen LogP contribution in [0.3, 0.4) is 0 Å². The highest BCUT2D eigenvalue weighted by Crippen LogP contribution is 2.33. The van der Waals surface area contributed by atoms with E-state index in [1.807, 2.05) is 4.90 Å². The largest absolute Gasteiger partial charge is 0.476 e. The Morgan fingerprint density at radius 1 is 1.45 bits per heavy atom. The van der Waals surface area contributed by atoms with E-state index in [4.69, 9.17) is 5.11 Å². The highest BCUT2D eigenvalue weighted by Gasteiger charge is 2.33. The molecule has 1 N–H and O–H groups in total. The van der Waals surface area contributed by atoms with Crippen LogP contribution in [0, 0.1) is 11.3 Å². The minimum Gasteiger partial charge on any atom is -0.476 e. The molecule has 0 radical (unpaired) electrons. The lowest BCUT2D eigenvalue weighted by atomic mass is 9.80. The first-order valence-corrected chi connectivity index (χ1v) is 6.68. The Labute approximate surface area is 117 Å². The van der Waals surface area contributed by atoms with Crippen molar-refractivity contribution in [2.24, 2.45) is 11.3 Å². The summed E-state index contributed by atoms with van der Waals surface area (Å²) in [5.74, 6) is -0.687. The van der Waals surface area contributed by atoms with Crippen LogP contribution in [0.5, 0.6) is 0 Å². The molecule has 1 aliphatic rings. The molecule has 1 aromatic rings. The molecule has 2 rings (SSSR count). The van der Waals surface area contributed by atoms with Crippen molar-refractivity contribution >= 4 is 11.9 Å². The van der Waals surface area contributed by atoms with Crippen LogP contribution < -0.4 is 0 Å². The van der Waals surface area contributed by atoms with Crippen molar-refractivity contribution < 1.29 is 14.7 Å². The number of aromatic carboxylic acids is 1. The van der Waals surface area contributed by atoms with E-state index >= 15 is 0 Å². The average molecular weight is 280 g/mol. The van der Waals surface area contributed by atoms with E-state index in [2.05, 4.69) is 31.1 Å². The number of likely N-dealkylation sites (tertiary alicyclic amines) is 1. The van der Waals surface area contributed by atoms with Crippen LogP contribution >= 0.6 is 0 Å². The lowest BCUT2D eigenvalue weighted by Crippen LogP contribution is -2.33. The molecule has 1 amide bonds. The normalized spacial score (nSPS) is 19.4. The first-order valence-electron chi connectivity index (χ1n) is 6.68. The zero-order chi connectivity index (χ0) is 14.9. The predicted molar refractivity (Wildman–Crippen MR) is 71.1 cm³/mol. The van der Waals surface area contributed by atoms with Gasteiger partial charge in [0.1, 0.15) is 6.54 Å². The number of aromatic nitrogens is 3. The number of carboxylic acid groups (broad SMARTS) is 1. The Balaban J connectivity index is 1.94. The zero-order valence-electron chi connectivity index (χ0n) is 12.0. The van der Waals surface area contributed by atoms with Gasteiger partial charge in [-0.25, -0.2) is 9.48 Å². The zero-order valence-corrected chi connectivity index (χ0v) is 12.0. The molecule has 1 fully saturated rings. The Hall–Kier alpha value is -1.92. The van der Waals surface area contributed by atoms with E-state index in [0.29, 0.717) is 5.92 Å². The van der Waals surface area contributed by atoms with Gasteiger partial charge in [-0.3, -0.25) is 4.79 Å². The van der Waals surface area contributed by atoms with Gasteiger partial charge >= 0.3 is 5.97 Å². The first kappa shape index (κ1) is 14.5. The van der Waals surface area contributed by atoms with Crippen LogP contribution in [0.25, 0.3) is 0 Å². The van der Waals surface area contributed by atoms with Gasteiger partial charge in [-0.1, -0.05) is 26.0 Å². The molecule has 0 spiro atoms.